The molecule has 1 aromatic rings. The van der Waals surface area contributed by atoms with Crippen LogP contribution in [0.15, 0.2) is 24.3 Å². The van der Waals surface area contributed by atoms with E-state index in [0.717, 1.165) is 0 Å². The standard InChI is InChI=1S/C35H53N7O9/c1-18(2)14-23-30(47)39-24(16-26(44)45)31(48)40-27(20(4)43)33(50)37-19(3)28(34(51)41-35(5,6)7)42-13-9-12-25(42)32(49)36-17-21-10-8-11-22(15-21)29(46)38-23/h8,10-11,15,18-20,23-25,27-28,43H,9,12-14,16-17H2,1-7H3,(H,36,49)(H,37,50)(H,38,46)(H,39,47)(H,40,48)(H,41,51)(H,44,45)/t19-,20+,23-,24+,25-,27-,28-/m0/s1. The maximum absolute atomic E-state index is 13.8. The summed E-state index contributed by atoms with van der Waals surface area (Å²) in [4.78, 5) is 95.0. The van der Waals surface area contributed by atoms with E-state index < -0.39 is 89.8 Å². The van der Waals surface area contributed by atoms with Gasteiger partial charge < -0.3 is 42.1 Å². The predicted octanol–water partition coefficient (Wildman–Crippen LogP) is -0.462. The molecule has 0 aliphatic carbocycles. The van der Waals surface area contributed by atoms with Crippen molar-refractivity contribution in [3.05, 3.63) is 35.4 Å². The first kappa shape index (κ1) is 40.9. The monoisotopic (exact) mass is 715 g/mol. The van der Waals surface area contributed by atoms with Crippen molar-refractivity contribution in [1.82, 2.24) is 36.8 Å². The molecule has 0 aromatic heterocycles. The van der Waals surface area contributed by atoms with E-state index in [-0.39, 0.29) is 30.4 Å². The summed E-state index contributed by atoms with van der Waals surface area (Å²) in [5.41, 5.74) is 0.140. The summed E-state index contributed by atoms with van der Waals surface area (Å²) in [6.45, 7) is 12.3. The number of amides is 6. The summed E-state index contributed by atoms with van der Waals surface area (Å²) in [7, 11) is 0. The Morgan fingerprint density at radius 1 is 0.941 bits per heavy atom. The second-order valence-electron chi connectivity index (χ2n) is 14.8. The molecule has 2 aliphatic rings. The SMILES string of the molecule is CC(C)C[C@@H]1NC(=O)c2cccc(c2)CNC(=O)[C@@H]2CCCN2[C@H](C(=O)NC(C)(C)C)[C@H](C)NC(=O)[C@H]([C@@H](C)O)NC(=O)[C@@H](CC(=O)O)NC1=O. The summed E-state index contributed by atoms with van der Waals surface area (Å²) in [6.07, 6.45) is -1.18. The molecule has 0 saturated carbocycles. The lowest BCUT2D eigenvalue weighted by molar-refractivity contribution is -0.141. The van der Waals surface area contributed by atoms with E-state index in [2.05, 4.69) is 31.9 Å². The number of aliphatic carboxylic acids is 1. The molecular weight excluding hydrogens is 662 g/mol. The number of nitrogens with one attached hydrogen (secondary N) is 6. The van der Waals surface area contributed by atoms with Crippen molar-refractivity contribution in [3.63, 3.8) is 0 Å². The van der Waals surface area contributed by atoms with E-state index in [1.165, 1.54) is 6.92 Å². The number of rotatable bonds is 6. The molecule has 51 heavy (non-hydrogen) atoms. The highest BCUT2D eigenvalue weighted by atomic mass is 16.4. The number of aliphatic hydroxyl groups is 1. The Hall–Kier alpha value is -4.57. The number of carbonyl (C=O) groups excluding carboxylic acids is 6. The van der Waals surface area contributed by atoms with E-state index in [1.807, 2.05) is 13.8 Å². The minimum Gasteiger partial charge on any atom is -0.481 e. The van der Waals surface area contributed by atoms with Crippen molar-refractivity contribution in [2.45, 2.75) is 129 Å². The molecule has 1 aromatic carbocycles. The minimum absolute atomic E-state index is 0.0616. The molecule has 16 nitrogen and oxygen atoms in total. The molecule has 2 aliphatic heterocycles. The first-order valence-electron chi connectivity index (χ1n) is 17.3. The molecule has 0 unspecified atom stereocenters. The Labute approximate surface area is 298 Å². The molecule has 282 valence electrons. The molecule has 2 heterocycles. The first-order chi connectivity index (χ1) is 23.8. The van der Waals surface area contributed by atoms with Gasteiger partial charge in [-0.1, -0.05) is 26.0 Å². The number of hydrogen-bond donors (Lipinski definition) is 8. The number of hydrogen-bond acceptors (Lipinski definition) is 9. The lowest BCUT2D eigenvalue weighted by atomic mass is 10.0. The molecular formula is C35H53N7O9. The van der Waals surface area contributed by atoms with Crippen LogP contribution in [0.1, 0.15) is 90.1 Å². The summed E-state index contributed by atoms with van der Waals surface area (Å²) in [5.74, 6) is -5.71. The first-order valence-corrected chi connectivity index (χ1v) is 17.3. The zero-order valence-electron chi connectivity index (χ0n) is 30.4. The molecule has 6 amide bonds. The van der Waals surface area contributed by atoms with Crippen LogP contribution < -0.4 is 31.9 Å². The minimum atomic E-state index is -1.68. The number of aliphatic hydroxyl groups excluding tert-OH is 1. The van der Waals surface area contributed by atoms with E-state index in [1.54, 1.807) is 56.9 Å². The highest BCUT2D eigenvalue weighted by molar-refractivity contribution is 5.99. The molecule has 7 atom stereocenters. The second kappa shape index (κ2) is 17.6. The summed E-state index contributed by atoms with van der Waals surface area (Å²) in [6, 6.07) is -0.726. The number of carboxylic acids is 1. The molecule has 0 radical (unpaired) electrons. The average Bonchev–Trinajstić information content (AvgIpc) is 3.49. The number of nitrogens with zero attached hydrogens (tertiary/aromatic N) is 1. The average molecular weight is 716 g/mol. The van der Waals surface area contributed by atoms with Gasteiger partial charge in [0.2, 0.25) is 29.5 Å². The van der Waals surface area contributed by atoms with Crippen molar-refractivity contribution in [1.29, 1.82) is 0 Å². The topological polar surface area (TPSA) is 235 Å². The molecule has 8 N–H and O–H groups in total. The van der Waals surface area contributed by atoms with Crippen LogP contribution in [0.3, 0.4) is 0 Å². The molecule has 1 fully saturated rings. The lowest BCUT2D eigenvalue weighted by Crippen LogP contribution is -2.65. The third-order valence-corrected chi connectivity index (χ3v) is 8.62. The Morgan fingerprint density at radius 2 is 1.61 bits per heavy atom. The number of carboxylic acid groups (broad SMARTS) is 1. The van der Waals surface area contributed by atoms with Crippen molar-refractivity contribution in [2.75, 3.05) is 6.54 Å². The van der Waals surface area contributed by atoms with Gasteiger partial charge in [-0.25, -0.2) is 0 Å². The zero-order chi connectivity index (χ0) is 38.2. The second-order valence-corrected chi connectivity index (χ2v) is 14.8. The van der Waals surface area contributed by atoms with Gasteiger partial charge in [-0.15, -0.1) is 0 Å². The van der Waals surface area contributed by atoms with Crippen molar-refractivity contribution in [3.8, 4) is 0 Å². The van der Waals surface area contributed by atoms with Crippen LogP contribution in [0, 0.1) is 5.92 Å². The zero-order valence-corrected chi connectivity index (χ0v) is 30.4. The van der Waals surface area contributed by atoms with Gasteiger partial charge in [0.25, 0.3) is 5.91 Å². The molecule has 0 spiro atoms. The van der Waals surface area contributed by atoms with Crippen LogP contribution in [0.25, 0.3) is 0 Å². The number of benzene rings is 1. The van der Waals surface area contributed by atoms with Gasteiger partial charge in [0, 0.05) is 17.6 Å². The van der Waals surface area contributed by atoms with E-state index >= 15 is 0 Å². The van der Waals surface area contributed by atoms with E-state index in [9.17, 15) is 43.8 Å². The van der Waals surface area contributed by atoms with Crippen LogP contribution >= 0.6 is 0 Å². The number of carbonyl (C=O) groups is 7. The van der Waals surface area contributed by atoms with Gasteiger partial charge in [-0.05, 0) is 84.0 Å². The third kappa shape index (κ3) is 11.7. The highest BCUT2D eigenvalue weighted by Gasteiger charge is 2.43. The van der Waals surface area contributed by atoms with Crippen LogP contribution in [0.4, 0.5) is 0 Å². The van der Waals surface area contributed by atoms with Gasteiger partial charge in [-0.2, -0.15) is 0 Å². The molecule has 16 heteroatoms. The lowest BCUT2D eigenvalue weighted by Gasteiger charge is -2.37. The molecule has 2 bridgehead atoms. The molecule has 1 saturated heterocycles. The quantitative estimate of drug-likeness (QED) is 0.189. The van der Waals surface area contributed by atoms with Crippen LogP contribution in [0.2, 0.25) is 0 Å². The van der Waals surface area contributed by atoms with Crippen LogP contribution in [-0.2, 0) is 35.3 Å². The fraction of sp³-hybridized carbons (Fsp3) is 0.629. The maximum Gasteiger partial charge on any atom is 0.305 e. The third-order valence-electron chi connectivity index (χ3n) is 8.62. The smallest absolute Gasteiger partial charge is 0.305 e. The van der Waals surface area contributed by atoms with Crippen molar-refractivity contribution < 1.29 is 43.8 Å². The van der Waals surface area contributed by atoms with E-state index in [4.69, 9.17) is 0 Å². The summed E-state index contributed by atoms with van der Waals surface area (Å²) >= 11 is 0. The Morgan fingerprint density at radius 3 is 2.22 bits per heavy atom. The van der Waals surface area contributed by atoms with Crippen molar-refractivity contribution >= 4 is 41.4 Å². The van der Waals surface area contributed by atoms with Gasteiger partial charge in [0.1, 0.15) is 24.2 Å². The Bertz CT molecular complexity index is 1480. The predicted molar refractivity (Wildman–Crippen MR) is 186 cm³/mol. The van der Waals surface area contributed by atoms with Gasteiger partial charge in [0.05, 0.1) is 24.6 Å². The highest BCUT2D eigenvalue weighted by Crippen LogP contribution is 2.24. The van der Waals surface area contributed by atoms with Crippen LogP contribution in [0.5, 0.6) is 0 Å². The Balaban J connectivity index is 2.09. The number of fused-ring (bicyclic) bond motifs is 3. The summed E-state index contributed by atoms with van der Waals surface area (Å²) in [5, 5.41) is 36.1. The van der Waals surface area contributed by atoms with E-state index in [0.29, 0.717) is 24.9 Å². The molecule has 3 rings (SSSR count). The van der Waals surface area contributed by atoms with Gasteiger partial charge in [-0.3, -0.25) is 38.5 Å². The fourth-order valence-corrected chi connectivity index (χ4v) is 6.29. The van der Waals surface area contributed by atoms with Gasteiger partial charge >= 0.3 is 5.97 Å². The van der Waals surface area contributed by atoms with Crippen LogP contribution in [-0.4, -0.2) is 111 Å². The van der Waals surface area contributed by atoms with Gasteiger partial charge in [0.15, 0.2) is 0 Å². The Kier molecular flexibility index (Phi) is 14.1. The largest absolute Gasteiger partial charge is 0.481 e. The maximum atomic E-state index is 13.8. The normalized spacial score (nSPS) is 26.7. The van der Waals surface area contributed by atoms with Crippen molar-refractivity contribution in [2.24, 2.45) is 5.92 Å². The fourth-order valence-electron chi connectivity index (χ4n) is 6.29. The summed E-state index contributed by atoms with van der Waals surface area (Å²) < 4.78 is 0.